The van der Waals surface area contributed by atoms with Crippen molar-refractivity contribution in [1.82, 2.24) is 0 Å². The summed E-state index contributed by atoms with van der Waals surface area (Å²) in [4.78, 5) is 22.8. The van der Waals surface area contributed by atoms with Gasteiger partial charge in [0.25, 0.3) is 0 Å². The maximum absolute atomic E-state index is 11.5. The number of hydrogen-bond donors (Lipinski definition) is 0. The van der Waals surface area contributed by atoms with E-state index in [9.17, 15) is 9.59 Å². The van der Waals surface area contributed by atoms with Gasteiger partial charge in [-0.1, -0.05) is 47.8 Å². The maximum Gasteiger partial charge on any atom is 0.323 e. The number of ether oxygens (including phenoxy) is 2. The Kier molecular flexibility index (Phi) is 7.25. The van der Waals surface area contributed by atoms with E-state index in [4.69, 9.17) is 9.47 Å². The van der Waals surface area contributed by atoms with E-state index in [1.54, 1.807) is 20.8 Å². The van der Waals surface area contributed by atoms with Crippen LogP contribution in [0.1, 0.15) is 20.8 Å². The lowest BCUT2D eigenvalue weighted by Crippen LogP contribution is -2.33. The van der Waals surface area contributed by atoms with Crippen LogP contribution in [-0.2, 0) is 19.1 Å². The summed E-state index contributed by atoms with van der Waals surface area (Å²) in [7, 11) is 0. The SMILES string of the molecule is CC(C)(Br)C(=O)OCCOC(=O)C(C)(Br)CBr. The van der Waals surface area contributed by atoms with E-state index in [1.807, 2.05) is 0 Å². The van der Waals surface area contributed by atoms with Crippen molar-refractivity contribution >= 4 is 59.7 Å². The number of hydrogen-bond acceptors (Lipinski definition) is 4. The Bertz CT molecular complexity index is 284. The molecule has 0 N–H and O–H groups in total. The van der Waals surface area contributed by atoms with Gasteiger partial charge in [-0.05, 0) is 20.8 Å². The molecule has 1 atom stereocenters. The van der Waals surface area contributed by atoms with Crippen LogP contribution in [0.4, 0.5) is 0 Å². The van der Waals surface area contributed by atoms with Gasteiger partial charge in [-0.15, -0.1) is 0 Å². The molecule has 0 aliphatic rings. The standard InChI is InChI=1S/C10H15Br3O4/c1-9(2,12)7(14)16-4-5-17-8(15)10(3,13)6-11/h4-6H2,1-3H3. The summed E-state index contributed by atoms with van der Waals surface area (Å²) >= 11 is 9.58. The summed E-state index contributed by atoms with van der Waals surface area (Å²) in [6.07, 6.45) is 0. The van der Waals surface area contributed by atoms with E-state index in [2.05, 4.69) is 47.8 Å². The van der Waals surface area contributed by atoms with Crippen LogP contribution >= 0.6 is 47.8 Å². The Balaban J connectivity index is 3.88. The third kappa shape index (κ3) is 6.76. The summed E-state index contributed by atoms with van der Waals surface area (Å²) < 4.78 is 8.38. The molecule has 0 fully saturated rings. The molecule has 100 valence electrons. The largest absolute Gasteiger partial charge is 0.461 e. The van der Waals surface area contributed by atoms with Crippen LogP contribution in [0.2, 0.25) is 0 Å². The van der Waals surface area contributed by atoms with E-state index < -0.39 is 20.6 Å². The fourth-order valence-corrected chi connectivity index (χ4v) is 1.10. The average Bonchev–Trinajstić information content (AvgIpc) is 2.22. The Hall–Kier alpha value is 0.380. The minimum Gasteiger partial charge on any atom is -0.461 e. The molecule has 0 aliphatic carbocycles. The second-order valence-corrected chi connectivity index (χ2v) is 8.37. The molecule has 0 bridgehead atoms. The van der Waals surface area contributed by atoms with Crippen molar-refractivity contribution < 1.29 is 19.1 Å². The highest BCUT2D eigenvalue weighted by Gasteiger charge is 2.30. The van der Waals surface area contributed by atoms with Crippen molar-refractivity contribution in [3.05, 3.63) is 0 Å². The minimum absolute atomic E-state index is 0.0435. The molecular formula is C10H15Br3O4. The van der Waals surface area contributed by atoms with Crippen LogP contribution in [0.15, 0.2) is 0 Å². The topological polar surface area (TPSA) is 52.6 Å². The Labute approximate surface area is 126 Å². The van der Waals surface area contributed by atoms with Crippen molar-refractivity contribution in [2.45, 2.75) is 29.4 Å². The highest BCUT2D eigenvalue weighted by Crippen LogP contribution is 2.21. The number of carbonyl (C=O) groups excluding carboxylic acids is 2. The lowest BCUT2D eigenvalue weighted by Gasteiger charge is -2.18. The van der Waals surface area contributed by atoms with Gasteiger partial charge in [0.2, 0.25) is 0 Å². The van der Waals surface area contributed by atoms with Gasteiger partial charge in [-0.25, -0.2) is 0 Å². The monoisotopic (exact) mass is 436 g/mol. The molecule has 1 unspecified atom stereocenters. The number of esters is 2. The Morgan fingerprint density at radius 1 is 1.00 bits per heavy atom. The second kappa shape index (κ2) is 7.09. The van der Waals surface area contributed by atoms with Gasteiger partial charge in [0.1, 0.15) is 21.9 Å². The van der Waals surface area contributed by atoms with E-state index in [0.29, 0.717) is 5.33 Å². The molecule has 0 spiro atoms. The third-order valence-electron chi connectivity index (χ3n) is 1.71. The number of halogens is 3. The maximum atomic E-state index is 11.5. The van der Waals surface area contributed by atoms with E-state index in [0.717, 1.165) is 0 Å². The van der Waals surface area contributed by atoms with E-state index >= 15 is 0 Å². The van der Waals surface area contributed by atoms with Crippen LogP contribution in [0, 0.1) is 0 Å². The average molecular weight is 439 g/mol. The van der Waals surface area contributed by atoms with Crippen LogP contribution in [0.5, 0.6) is 0 Å². The molecule has 0 saturated carbocycles. The van der Waals surface area contributed by atoms with Crippen molar-refractivity contribution in [3.8, 4) is 0 Å². The fraction of sp³-hybridized carbons (Fsp3) is 0.800. The van der Waals surface area contributed by atoms with Gasteiger partial charge in [-0.2, -0.15) is 0 Å². The first-order valence-corrected chi connectivity index (χ1v) is 7.60. The molecule has 0 aromatic carbocycles. The Morgan fingerprint density at radius 3 is 1.76 bits per heavy atom. The molecule has 7 heteroatoms. The molecule has 0 heterocycles. The first kappa shape index (κ1) is 17.4. The van der Waals surface area contributed by atoms with Crippen molar-refractivity contribution in [3.63, 3.8) is 0 Å². The highest BCUT2D eigenvalue weighted by molar-refractivity contribution is 9.12. The molecule has 0 radical (unpaired) electrons. The van der Waals surface area contributed by atoms with Gasteiger partial charge in [0.15, 0.2) is 0 Å². The van der Waals surface area contributed by atoms with Crippen LogP contribution in [0.25, 0.3) is 0 Å². The third-order valence-corrected chi connectivity index (χ3v) is 4.51. The second-order valence-electron chi connectivity index (χ2n) is 4.08. The zero-order valence-electron chi connectivity index (χ0n) is 9.89. The zero-order chi connectivity index (χ0) is 13.7. The van der Waals surface area contributed by atoms with Crippen LogP contribution < -0.4 is 0 Å². The summed E-state index contributed by atoms with van der Waals surface area (Å²) in [5, 5.41) is 0.438. The normalized spacial score (nSPS) is 14.9. The van der Waals surface area contributed by atoms with Crippen molar-refractivity contribution in [2.24, 2.45) is 0 Å². The molecule has 0 saturated heterocycles. The number of alkyl halides is 3. The first-order chi connectivity index (χ1) is 7.61. The lowest BCUT2D eigenvalue weighted by molar-refractivity contribution is -0.153. The fourth-order valence-electron chi connectivity index (χ4n) is 0.645. The Morgan fingerprint density at radius 2 is 1.41 bits per heavy atom. The number of rotatable bonds is 6. The lowest BCUT2D eigenvalue weighted by atomic mass is 10.2. The van der Waals surface area contributed by atoms with Gasteiger partial charge in [0.05, 0.1) is 0 Å². The molecular weight excluding hydrogens is 424 g/mol. The minimum atomic E-state index is -0.758. The molecule has 17 heavy (non-hydrogen) atoms. The van der Waals surface area contributed by atoms with Crippen LogP contribution in [-0.4, -0.2) is 39.1 Å². The predicted molar refractivity (Wildman–Crippen MR) is 76.1 cm³/mol. The molecule has 0 aromatic rings. The molecule has 0 amide bonds. The van der Waals surface area contributed by atoms with Crippen molar-refractivity contribution in [2.75, 3.05) is 18.5 Å². The summed E-state index contributed by atoms with van der Waals surface area (Å²) in [5.41, 5.74) is 0. The molecule has 0 rings (SSSR count). The quantitative estimate of drug-likeness (QED) is 0.363. The summed E-state index contributed by atoms with van der Waals surface area (Å²) in [6, 6.07) is 0. The van der Waals surface area contributed by atoms with Gasteiger partial charge >= 0.3 is 11.9 Å². The summed E-state index contributed by atoms with van der Waals surface area (Å²) in [6.45, 7) is 5.15. The first-order valence-electron chi connectivity index (χ1n) is 4.89. The van der Waals surface area contributed by atoms with Gasteiger partial charge < -0.3 is 9.47 Å². The van der Waals surface area contributed by atoms with E-state index in [-0.39, 0.29) is 13.2 Å². The number of carbonyl (C=O) groups is 2. The molecule has 4 nitrogen and oxygen atoms in total. The van der Waals surface area contributed by atoms with Gasteiger partial charge in [-0.3, -0.25) is 9.59 Å². The summed E-state index contributed by atoms with van der Waals surface area (Å²) in [5.74, 6) is -0.792. The van der Waals surface area contributed by atoms with Crippen LogP contribution in [0.3, 0.4) is 0 Å². The van der Waals surface area contributed by atoms with Gasteiger partial charge in [0, 0.05) is 5.33 Å². The molecule has 0 aromatic heterocycles. The smallest absolute Gasteiger partial charge is 0.323 e. The van der Waals surface area contributed by atoms with E-state index in [1.165, 1.54) is 0 Å². The zero-order valence-corrected chi connectivity index (χ0v) is 14.6. The predicted octanol–water partition coefficient (Wildman–Crippen LogP) is 2.79. The molecule has 0 aliphatic heterocycles. The van der Waals surface area contributed by atoms with Crippen molar-refractivity contribution in [1.29, 1.82) is 0 Å². The highest BCUT2D eigenvalue weighted by atomic mass is 79.9.